The molecule has 5 aromatic rings. The molecule has 0 saturated heterocycles. The number of para-hydroxylation sites is 4. The molecular formula is C63H90ClFN12O15. The Kier molecular flexibility index (Phi) is 39.3. The number of carbonyl (C=O) groups excluding carboxylic acids is 7. The monoisotopic (exact) mass is 1310 g/mol. The maximum absolute atomic E-state index is 12.6. The average molecular weight is 1310 g/mol. The Balaban J connectivity index is 0.00000112. The zero-order valence-corrected chi connectivity index (χ0v) is 55.1. The number of H-pyrrole nitrogens is 3. The predicted molar refractivity (Wildman–Crippen MR) is 350 cm³/mol. The zero-order chi connectivity index (χ0) is 69.5. The summed E-state index contributed by atoms with van der Waals surface area (Å²) in [5.41, 5.74) is 11.0. The van der Waals surface area contributed by atoms with Gasteiger partial charge in [-0.3, -0.25) is 62.5 Å². The number of Topliss-reactive ketones (excluding diaryl/α,β-unsaturated/α-hetero) is 1. The summed E-state index contributed by atoms with van der Waals surface area (Å²) in [7, 11) is -1.00. The van der Waals surface area contributed by atoms with E-state index in [1.165, 1.54) is 11.8 Å². The van der Waals surface area contributed by atoms with Crippen molar-refractivity contribution < 1.29 is 63.4 Å². The maximum atomic E-state index is 12.6. The molecule has 0 fully saturated rings. The van der Waals surface area contributed by atoms with Gasteiger partial charge in [-0.15, -0.1) is 12.4 Å². The first-order valence-electron chi connectivity index (χ1n) is 30.4. The molecule has 2 aromatic carbocycles. The van der Waals surface area contributed by atoms with Gasteiger partial charge in [0.05, 0.1) is 63.5 Å². The standard InChI is InChI=1S/C18H20N4O3.C12H18N2O3.C11H18O5.C10H14N2O3.C8H8N2O.C3H8N2.CH3F.ClH/c1-3-15-19-11(2)12(18(25)21-15)8-9-17(24)22-10-16(23)20-13-6-4-5-7-14(13)22;1-4-10-13-8(3)9(12(16)14-10)6-7-11(15)17-5-2;1-4-15-10(13)7-6-9(8(3)12)11(14)16-5-2;1-3-8-11-6(2)7(10(15)12-8)4-5-9(13)14;11-8-5-9-6-3-1-2-4-7(6)10-8;1-2-3(4)5;1-2;/h4-7H,3,8-10H2,1-2H3,(H,20,23)(H,19,21,25);4-7H2,1-3H3,(H,13,14,16);9H,4-7H2,1-3H3;3-5H2,1-2H3,(H,13,14)(H,11,12,15);1-4,9H,5H2,(H,10,11);2H2,1H3,(H3,4,5);1H3;1H/i;;;;;;1D;. The Morgan fingerprint density at radius 3 is 1.46 bits per heavy atom. The number of nitrogens with one attached hydrogen (secondary N) is 7. The van der Waals surface area contributed by atoms with Crippen LogP contribution in [-0.4, -0.2) is 128 Å². The van der Waals surface area contributed by atoms with E-state index < -0.39 is 31.0 Å². The number of carboxylic acids is 1. The van der Waals surface area contributed by atoms with E-state index >= 15 is 0 Å². The molecule has 92 heavy (non-hydrogen) atoms. The first-order chi connectivity index (χ1) is 43.7. The van der Waals surface area contributed by atoms with Crippen LogP contribution in [0.5, 0.6) is 0 Å². The largest absolute Gasteiger partial charge is 0.481 e. The molecule has 0 spiro atoms. The lowest BCUT2D eigenvalue weighted by atomic mass is 9.99. The average Bonchev–Trinajstić information content (AvgIpc) is 0.930. The van der Waals surface area contributed by atoms with Gasteiger partial charge in [0, 0.05) is 85.1 Å². The van der Waals surface area contributed by atoms with Crippen LogP contribution in [0, 0.1) is 32.1 Å². The number of anilines is 4. The number of rotatable bonds is 21. The number of hydrogen-bond acceptors (Lipinski definition) is 19. The molecule has 0 bridgehead atoms. The number of fused-ring (bicyclic) bond motifs is 2. The van der Waals surface area contributed by atoms with Crippen LogP contribution in [0.15, 0.2) is 62.9 Å². The molecule has 1 atom stereocenters. The van der Waals surface area contributed by atoms with Gasteiger partial charge in [0.1, 0.15) is 35.7 Å². The fraction of sp³-hybridized carbons (Fsp3) is 0.476. The van der Waals surface area contributed by atoms with Crippen LogP contribution in [0.1, 0.15) is 147 Å². The number of amides is 3. The summed E-state index contributed by atoms with van der Waals surface area (Å²) < 4.78 is 29.8. The van der Waals surface area contributed by atoms with Crippen LogP contribution in [0.2, 0.25) is 0 Å². The highest BCUT2D eigenvalue weighted by molar-refractivity contribution is 6.10. The molecule has 29 heteroatoms. The van der Waals surface area contributed by atoms with E-state index in [1.807, 2.05) is 58.0 Å². The van der Waals surface area contributed by atoms with Crippen LogP contribution < -0.4 is 43.3 Å². The van der Waals surface area contributed by atoms with E-state index in [-0.39, 0.29) is 122 Å². The summed E-state index contributed by atoms with van der Waals surface area (Å²) in [6.07, 6.45) is 4.06. The first kappa shape index (κ1) is 80.5. The summed E-state index contributed by atoms with van der Waals surface area (Å²) in [6.45, 7) is 20.6. The third-order valence-corrected chi connectivity index (χ3v) is 13.0. The van der Waals surface area contributed by atoms with Gasteiger partial charge < -0.3 is 60.9 Å². The van der Waals surface area contributed by atoms with Crippen molar-refractivity contribution in [1.82, 2.24) is 29.9 Å². The fourth-order valence-corrected chi connectivity index (χ4v) is 8.25. The van der Waals surface area contributed by atoms with Crippen LogP contribution in [0.3, 0.4) is 0 Å². The number of ether oxygens (including phenoxy) is 3. The summed E-state index contributed by atoms with van der Waals surface area (Å²) in [4.78, 5) is 148. The molecule has 3 aromatic heterocycles. The van der Waals surface area contributed by atoms with Gasteiger partial charge in [0.15, 0.2) is 0 Å². The Morgan fingerprint density at radius 2 is 1.04 bits per heavy atom. The van der Waals surface area contributed by atoms with Crippen LogP contribution >= 0.6 is 12.4 Å². The highest BCUT2D eigenvalue weighted by Crippen LogP contribution is 2.29. The topological polar surface area (TPSA) is 411 Å². The number of carboxylic acid groups (broad SMARTS) is 1. The van der Waals surface area contributed by atoms with Crippen molar-refractivity contribution in [3.05, 3.63) is 131 Å². The van der Waals surface area contributed by atoms with Crippen molar-refractivity contribution in [1.29, 1.82) is 5.41 Å². The van der Waals surface area contributed by atoms with E-state index in [0.29, 0.717) is 114 Å². The molecule has 7 rings (SSSR count). The molecule has 506 valence electrons. The van der Waals surface area contributed by atoms with Gasteiger partial charge in [-0.05, 0) is 98.4 Å². The fourth-order valence-electron chi connectivity index (χ4n) is 8.25. The summed E-state index contributed by atoms with van der Waals surface area (Å²) >= 11 is 0. The summed E-state index contributed by atoms with van der Waals surface area (Å²) in [6, 6.07) is 14.8. The molecule has 0 radical (unpaired) electrons. The Morgan fingerprint density at radius 1 is 0.641 bits per heavy atom. The Hall–Kier alpha value is -9.47. The highest BCUT2D eigenvalue weighted by Gasteiger charge is 2.28. The number of ketones is 1. The van der Waals surface area contributed by atoms with Gasteiger partial charge in [0.25, 0.3) is 16.7 Å². The highest BCUT2D eigenvalue weighted by atomic mass is 35.5. The lowest BCUT2D eigenvalue weighted by Crippen LogP contribution is -2.42. The van der Waals surface area contributed by atoms with Crippen LogP contribution in [-0.2, 0) is 91.1 Å². The second kappa shape index (κ2) is 44.9. The molecule has 0 saturated carbocycles. The van der Waals surface area contributed by atoms with Crippen molar-refractivity contribution in [2.45, 2.75) is 153 Å². The number of nitrogens with zero attached hydrogens (tertiary/aromatic N) is 4. The zero-order valence-electron chi connectivity index (χ0n) is 55.2. The lowest BCUT2D eigenvalue weighted by Gasteiger charge is -2.29. The Bertz CT molecular complexity index is 3450. The Labute approximate surface area is 541 Å². The first-order valence-corrected chi connectivity index (χ1v) is 29.6. The van der Waals surface area contributed by atoms with Crippen LogP contribution in [0.4, 0.5) is 27.1 Å². The third-order valence-electron chi connectivity index (χ3n) is 13.0. The minimum atomic E-state index is -1.00. The van der Waals surface area contributed by atoms with E-state index in [0.717, 1.165) is 11.4 Å². The van der Waals surface area contributed by atoms with Crippen molar-refractivity contribution in [3.63, 3.8) is 0 Å². The predicted octanol–water partition coefficient (Wildman–Crippen LogP) is 6.84. The number of nitrogens with two attached hydrogens (primary N) is 1. The van der Waals surface area contributed by atoms with E-state index in [9.17, 15) is 57.1 Å². The number of halogens is 2. The van der Waals surface area contributed by atoms with E-state index in [1.54, 1.807) is 59.7 Å². The molecule has 3 amide bonds. The number of carbonyl (C=O) groups is 8. The summed E-state index contributed by atoms with van der Waals surface area (Å²) in [5, 5.41) is 23.6. The molecule has 0 aliphatic carbocycles. The number of aryl methyl sites for hydroxylation is 6. The molecule has 27 nitrogen and oxygen atoms in total. The lowest BCUT2D eigenvalue weighted by molar-refractivity contribution is -0.152. The number of esters is 3. The molecule has 2 aliphatic rings. The van der Waals surface area contributed by atoms with Crippen molar-refractivity contribution in [3.8, 4) is 0 Å². The van der Waals surface area contributed by atoms with Gasteiger partial charge in [-0.25, -0.2) is 15.0 Å². The number of amidine groups is 1. The minimum Gasteiger partial charge on any atom is -0.481 e. The molecular weight excluding hydrogens is 1220 g/mol. The quantitative estimate of drug-likeness (QED) is 0.0119. The molecule has 1 unspecified atom stereocenters. The van der Waals surface area contributed by atoms with Gasteiger partial charge >= 0.3 is 23.9 Å². The smallest absolute Gasteiger partial charge is 0.316 e. The minimum absolute atomic E-state index is 0. The maximum Gasteiger partial charge on any atom is 0.316 e. The number of aromatic nitrogens is 6. The van der Waals surface area contributed by atoms with Crippen molar-refractivity contribution in [2.24, 2.45) is 11.7 Å². The van der Waals surface area contributed by atoms with Crippen molar-refractivity contribution >= 4 is 88.4 Å². The molecule has 5 heterocycles. The van der Waals surface area contributed by atoms with Gasteiger partial charge in [-0.1, -0.05) is 52.0 Å². The molecule has 2 aliphatic heterocycles. The van der Waals surface area contributed by atoms with Crippen molar-refractivity contribution in [2.75, 3.05) is 60.9 Å². The summed E-state index contributed by atoms with van der Waals surface area (Å²) in [5.74, 6) is -1.52. The second-order valence-electron chi connectivity index (χ2n) is 19.6. The number of aromatic amines is 3. The van der Waals surface area contributed by atoms with Gasteiger partial charge in [-0.2, -0.15) is 0 Å². The number of benzene rings is 2. The van der Waals surface area contributed by atoms with Gasteiger partial charge in [0.2, 0.25) is 17.7 Å². The van der Waals surface area contributed by atoms with E-state index in [2.05, 4.69) is 45.9 Å². The third kappa shape index (κ3) is 29.9. The van der Waals surface area contributed by atoms with E-state index in [4.69, 9.17) is 31.8 Å². The molecule has 10 N–H and O–H groups in total. The normalized spacial score (nSPS) is 11.6. The second-order valence-corrected chi connectivity index (χ2v) is 19.6. The number of hydrogen-bond donors (Lipinski definition) is 9. The number of alkyl halides is 1. The van der Waals surface area contributed by atoms with Crippen LogP contribution in [0.25, 0.3) is 0 Å². The SMILES string of the molecule is CCC(=N)N.CCOC(=O)CCC(C(C)=O)C(=O)OCC.CCOC(=O)CCc1c(C)nc(CC)[nH]c1=O.CCc1nc(C)c(CCC(=O)N2CC(=O)Nc3ccccc32)c(=O)[nH]1.CCc1nc(C)c(CCC(=O)O)c(=O)[nH]1.Cl.O=C1CNc2ccccc2N1.[2H]CF. The number of aliphatic carboxylic acids is 1.